The number of H-pyrrole nitrogens is 1. The third kappa shape index (κ3) is 2.81. The molecule has 78 valence electrons. The quantitative estimate of drug-likeness (QED) is 0.779. The van der Waals surface area contributed by atoms with Gasteiger partial charge in [-0.05, 0) is 22.9 Å². The molecule has 0 amide bonds. The Morgan fingerprint density at radius 3 is 3.07 bits per heavy atom. The van der Waals surface area contributed by atoms with E-state index in [9.17, 15) is 4.79 Å². The second kappa shape index (κ2) is 5.11. The van der Waals surface area contributed by atoms with Gasteiger partial charge >= 0.3 is 5.97 Å². The summed E-state index contributed by atoms with van der Waals surface area (Å²) < 4.78 is 5.60. The van der Waals surface area contributed by atoms with Crippen molar-refractivity contribution >= 4 is 21.9 Å². The van der Waals surface area contributed by atoms with E-state index in [4.69, 9.17) is 10.5 Å². The summed E-state index contributed by atoms with van der Waals surface area (Å²) in [5.41, 5.74) is 6.42. The van der Waals surface area contributed by atoms with Crippen LogP contribution < -0.4 is 5.73 Å². The summed E-state index contributed by atoms with van der Waals surface area (Å²) in [5, 5.41) is 6.55. The van der Waals surface area contributed by atoms with Crippen LogP contribution in [0.5, 0.6) is 0 Å². The summed E-state index contributed by atoms with van der Waals surface area (Å²) >= 11 is 3.28. The molecule has 0 aliphatic heterocycles. The van der Waals surface area contributed by atoms with Gasteiger partial charge in [0, 0.05) is 6.42 Å². The molecule has 0 saturated carbocycles. The highest BCUT2D eigenvalue weighted by Gasteiger charge is 2.17. The molecule has 1 heterocycles. The number of nitrogens with zero attached hydrogens (tertiary/aromatic N) is 1. The van der Waals surface area contributed by atoms with Crippen molar-refractivity contribution in [3.05, 3.63) is 16.4 Å². The summed E-state index contributed by atoms with van der Waals surface area (Å²) in [5.74, 6) is -0.394. The first-order valence-electron chi connectivity index (χ1n) is 4.25. The Kier molecular flexibility index (Phi) is 4.09. The normalized spacial score (nSPS) is 12.5. The zero-order chi connectivity index (χ0) is 10.6. The second-order valence-electron chi connectivity index (χ2n) is 2.76. The molecule has 0 radical (unpaired) electrons. The van der Waals surface area contributed by atoms with Crippen molar-refractivity contribution < 1.29 is 9.53 Å². The van der Waals surface area contributed by atoms with E-state index in [2.05, 4.69) is 26.1 Å². The smallest absolute Gasteiger partial charge is 0.323 e. The molecule has 0 fully saturated rings. The van der Waals surface area contributed by atoms with Gasteiger partial charge in [-0.15, -0.1) is 0 Å². The number of esters is 1. The van der Waals surface area contributed by atoms with Gasteiger partial charge in [0.05, 0.1) is 23.0 Å². The van der Waals surface area contributed by atoms with Crippen molar-refractivity contribution in [2.75, 3.05) is 6.61 Å². The third-order valence-electron chi connectivity index (χ3n) is 1.68. The summed E-state index contributed by atoms with van der Waals surface area (Å²) in [4.78, 5) is 11.2. The zero-order valence-electron chi connectivity index (χ0n) is 7.79. The molecule has 1 aromatic heterocycles. The van der Waals surface area contributed by atoms with E-state index >= 15 is 0 Å². The van der Waals surface area contributed by atoms with Crippen molar-refractivity contribution in [3.63, 3.8) is 0 Å². The topological polar surface area (TPSA) is 81.0 Å². The molecule has 0 spiro atoms. The predicted octanol–water partition coefficient (Wildman–Crippen LogP) is 0.605. The lowest BCUT2D eigenvalue weighted by Crippen LogP contribution is -2.34. The first-order chi connectivity index (χ1) is 6.65. The maximum Gasteiger partial charge on any atom is 0.323 e. The highest BCUT2D eigenvalue weighted by atomic mass is 79.9. The van der Waals surface area contributed by atoms with Gasteiger partial charge in [-0.2, -0.15) is 5.10 Å². The Balaban J connectivity index is 2.52. The van der Waals surface area contributed by atoms with Gasteiger partial charge in [-0.1, -0.05) is 0 Å². The molecule has 0 aliphatic carbocycles. The molecule has 1 atom stereocenters. The van der Waals surface area contributed by atoms with Gasteiger partial charge in [0.2, 0.25) is 0 Å². The van der Waals surface area contributed by atoms with E-state index < -0.39 is 12.0 Å². The van der Waals surface area contributed by atoms with Gasteiger partial charge in [-0.25, -0.2) is 0 Å². The number of rotatable bonds is 4. The third-order valence-corrected chi connectivity index (χ3v) is 2.36. The van der Waals surface area contributed by atoms with E-state index in [1.807, 2.05) is 0 Å². The van der Waals surface area contributed by atoms with E-state index in [1.165, 1.54) is 0 Å². The predicted molar refractivity (Wildman–Crippen MR) is 54.6 cm³/mol. The Morgan fingerprint density at radius 2 is 2.57 bits per heavy atom. The molecule has 5 nitrogen and oxygen atoms in total. The molecule has 1 rings (SSSR count). The number of aromatic nitrogens is 2. The summed E-state index contributed by atoms with van der Waals surface area (Å²) in [6.45, 7) is 2.09. The molecule has 0 aromatic carbocycles. The molecule has 14 heavy (non-hydrogen) atoms. The van der Waals surface area contributed by atoms with Crippen LogP contribution in [0.4, 0.5) is 0 Å². The maximum atomic E-state index is 11.2. The number of nitrogens with one attached hydrogen (secondary N) is 1. The van der Waals surface area contributed by atoms with Crippen molar-refractivity contribution in [1.29, 1.82) is 0 Å². The fourth-order valence-corrected chi connectivity index (χ4v) is 1.35. The van der Waals surface area contributed by atoms with E-state index in [1.54, 1.807) is 13.1 Å². The highest BCUT2D eigenvalue weighted by molar-refractivity contribution is 9.10. The number of hydrogen-bond acceptors (Lipinski definition) is 4. The molecule has 0 aliphatic rings. The van der Waals surface area contributed by atoms with Crippen LogP contribution in [0, 0.1) is 0 Å². The fraction of sp³-hybridized carbons (Fsp3) is 0.500. The number of hydrogen-bond donors (Lipinski definition) is 2. The van der Waals surface area contributed by atoms with Crippen LogP contribution in [-0.2, 0) is 16.0 Å². The number of aromatic amines is 1. The first-order valence-corrected chi connectivity index (χ1v) is 5.04. The van der Waals surface area contributed by atoms with Crippen molar-refractivity contribution in [3.8, 4) is 0 Å². The second-order valence-corrected chi connectivity index (χ2v) is 3.61. The van der Waals surface area contributed by atoms with Gasteiger partial charge in [0.25, 0.3) is 0 Å². The number of carbonyl (C=O) groups excluding carboxylic acids is 1. The van der Waals surface area contributed by atoms with Crippen LogP contribution in [0.1, 0.15) is 12.6 Å². The molecule has 1 aromatic rings. The number of nitrogens with two attached hydrogens (primary N) is 1. The average molecular weight is 262 g/mol. The lowest BCUT2D eigenvalue weighted by Gasteiger charge is -2.08. The van der Waals surface area contributed by atoms with Crippen molar-refractivity contribution in [2.24, 2.45) is 5.73 Å². The Bertz CT molecular complexity index is 313. The SMILES string of the molecule is CCOC(=O)C(N)Cc1[nH]ncc1Br. The van der Waals surface area contributed by atoms with E-state index in [-0.39, 0.29) is 0 Å². The molecule has 1 unspecified atom stereocenters. The van der Waals surface area contributed by atoms with Gasteiger partial charge < -0.3 is 10.5 Å². The van der Waals surface area contributed by atoms with Crippen LogP contribution in [0.25, 0.3) is 0 Å². The number of ether oxygens (including phenoxy) is 1. The molecule has 0 bridgehead atoms. The first kappa shape index (κ1) is 11.2. The molecule has 3 N–H and O–H groups in total. The average Bonchev–Trinajstić information content (AvgIpc) is 2.52. The van der Waals surface area contributed by atoms with Crippen LogP contribution in [0.2, 0.25) is 0 Å². The van der Waals surface area contributed by atoms with Gasteiger partial charge in [0.15, 0.2) is 0 Å². The molecular weight excluding hydrogens is 250 g/mol. The van der Waals surface area contributed by atoms with Gasteiger partial charge in [-0.3, -0.25) is 9.89 Å². The number of carbonyl (C=O) groups is 1. The van der Waals surface area contributed by atoms with Crippen LogP contribution in [0.15, 0.2) is 10.7 Å². The Labute approximate surface area is 90.1 Å². The lowest BCUT2D eigenvalue weighted by atomic mass is 10.2. The van der Waals surface area contributed by atoms with Crippen LogP contribution in [-0.4, -0.2) is 28.8 Å². The standard InChI is InChI=1S/C8H12BrN3O2/c1-2-14-8(13)6(10)3-7-5(9)4-11-12-7/h4,6H,2-3,10H2,1H3,(H,11,12). The molecule has 6 heteroatoms. The van der Waals surface area contributed by atoms with Crippen LogP contribution >= 0.6 is 15.9 Å². The largest absolute Gasteiger partial charge is 0.465 e. The minimum absolute atomic E-state index is 0.344. The fourth-order valence-electron chi connectivity index (χ4n) is 0.994. The number of halogens is 1. The lowest BCUT2D eigenvalue weighted by molar-refractivity contribution is -0.144. The van der Waals surface area contributed by atoms with Crippen molar-refractivity contribution in [2.45, 2.75) is 19.4 Å². The Morgan fingerprint density at radius 1 is 1.86 bits per heavy atom. The summed E-state index contributed by atoms with van der Waals surface area (Å²) in [6.07, 6.45) is 2.01. The summed E-state index contributed by atoms with van der Waals surface area (Å²) in [7, 11) is 0. The minimum atomic E-state index is -0.647. The molecular formula is C8H12BrN3O2. The van der Waals surface area contributed by atoms with E-state index in [0.717, 1.165) is 10.2 Å². The maximum absolute atomic E-state index is 11.2. The molecule has 0 saturated heterocycles. The highest BCUT2D eigenvalue weighted by Crippen LogP contribution is 2.14. The zero-order valence-corrected chi connectivity index (χ0v) is 9.37. The Hall–Kier alpha value is -0.880. The summed E-state index contributed by atoms with van der Waals surface area (Å²) in [6, 6.07) is -0.647. The van der Waals surface area contributed by atoms with Gasteiger partial charge in [0.1, 0.15) is 6.04 Å². The monoisotopic (exact) mass is 261 g/mol. The van der Waals surface area contributed by atoms with E-state index in [0.29, 0.717) is 13.0 Å². The van der Waals surface area contributed by atoms with Crippen LogP contribution in [0.3, 0.4) is 0 Å². The van der Waals surface area contributed by atoms with Crippen molar-refractivity contribution in [1.82, 2.24) is 10.2 Å². The minimum Gasteiger partial charge on any atom is -0.465 e.